The summed E-state index contributed by atoms with van der Waals surface area (Å²) in [6, 6.07) is 5.10. The Labute approximate surface area is 120 Å². The monoisotopic (exact) mass is 332 g/mol. The van der Waals surface area contributed by atoms with Gasteiger partial charge in [0, 0.05) is 10.9 Å². The van der Waals surface area contributed by atoms with Crippen molar-refractivity contribution in [1.29, 1.82) is 0 Å². The van der Waals surface area contributed by atoms with Crippen molar-refractivity contribution in [2.75, 3.05) is 6.61 Å². The van der Waals surface area contributed by atoms with Gasteiger partial charge in [0.2, 0.25) is 0 Å². The van der Waals surface area contributed by atoms with Gasteiger partial charge < -0.3 is 4.74 Å². The van der Waals surface area contributed by atoms with Crippen molar-refractivity contribution in [3.63, 3.8) is 0 Å². The molecule has 1 atom stereocenters. The Balaban J connectivity index is 3.33. The van der Waals surface area contributed by atoms with Crippen molar-refractivity contribution in [3.8, 4) is 0 Å². The molecule has 0 N–H and O–H groups in total. The number of hydrogen-bond donors (Lipinski definition) is 0. The van der Waals surface area contributed by atoms with E-state index in [0.717, 1.165) is 5.56 Å². The number of carbonyl (C=O) groups excluding carboxylic acids is 2. The molecule has 0 bridgehead atoms. The van der Waals surface area contributed by atoms with Crippen LogP contribution in [0.1, 0.15) is 40.1 Å². The van der Waals surface area contributed by atoms with Crippen molar-refractivity contribution in [3.05, 3.63) is 34.9 Å². The molecule has 5 heteroatoms. The van der Waals surface area contributed by atoms with Gasteiger partial charge in [-0.15, -0.1) is 11.6 Å². The molecule has 1 rings (SSSR count). The number of rotatable bonds is 5. The van der Waals surface area contributed by atoms with Crippen molar-refractivity contribution >= 4 is 39.3 Å². The molecular weight excluding hydrogens is 319 g/mol. The largest absolute Gasteiger partial charge is 0.462 e. The molecule has 1 aromatic carbocycles. The lowest BCUT2D eigenvalue weighted by molar-refractivity contribution is 0.0522. The van der Waals surface area contributed by atoms with Crippen LogP contribution in [-0.4, -0.2) is 23.7 Å². The summed E-state index contributed by atoms with van der Waals surface area (Å²) in [5.41, 5.74) is 1.33. The lowest BCUT2D eigenvalue weighted by Gasteiger charge is -2.12. The quantitative estimate of drug-likeness (QED) is 0.470. The summed E-state index contributed by atoms with van der Waals surface area (Å²) in [7, 11) is 0. The second kappa shape index (κ2) is 6.90. The third-order valence-electron chi connectivity index (χ3n) is 2.40. The zero-order valence-electron chi connectivity index (χ0n) is 10.2. The van der Waals surface area contributed by atoms with Crippen molar-refractivity contribution < 1.29 is 14.3 Å². The molecule has 0 aliphatic rings. The number of ether oxygens (including phenoxy) is 1. The summed E-state index contributed by atoms with van der Waals surface area (Å²) in [5, 5.41) is -0.206. The van der Waals surface area contributed by atoms with Crippen LogP contribution in [0.3, 0.4) is 0 Å². The average molecular weight is 334 g/mol. The minimum absolute atomic E-state index is 0.263. The molecule has 0 aliphatic heterocycles. The molecule has 0 fully saturated rings. The third kappa shape index (κ3) is 3.33. The lowest BCUT2D eigenvalue weighted by Crippen LogP contribution is -2.18. The fraction of sp³-hybridized carbons (Fsp3) is 0.385. The van der Waals surface area contributed by atoms with Gasteiger partial charge in [0.1, 0.15) is 0 Å². The first-order valence-corrected chi connectivity index (χ1v) is 7.12. The van der Waals surface area contributed by atoms with Gasteiger partial charge in [-0.25, -0.2) is 4.79 Å². The zero-order valence-corrected chi connectivity index (χ0v) is 12.5. The third-order valence-corrected chi connectivity index (χ3v) is 3.20. The van der Waals surface area contributed by atoms with Gasteiger partial charge in [0.05, 0.1) is 17.5 Å². The number of benzene rings is 1. The molecule has 3 nitrogen and oxygen atoms in total. The van der Waals surface area contributed by atoms with Gasteiger partial charge in [-0.2, -0.15) is 0 Å². The van der Waals surface area contributed by atoms with Crippen LogP contribution in [-0.2, 0) is 10.1 Å². The molecule has 0 heterocycles. The molecule has 1 unspecified atom stereocenters. The van der Waals surface area contributed by atoms with Gasteiger partial charge in [-0.05, 0) is 19.4 Å². The van der Waals surface area contributed by atoms with Crippen LogP contribution in [0.25, 0.3) is 0 Å². The van der Waals surface area contributed by atoms with E-state index in [0.29, 0.717) is 16.5 Å². The Morgan fingerprint density at radius 1 is 1.44 bits per heavy atom. The van der Waals surface area contributed by atoms with E-state index in [2.05, 4.69) is 15.9 Å². The summed E-state index contributed by atoms with van der Waals surface area (Å²) < 4.78 is 4.99. The van der Waals surface area contributed by atoms with Crippen LogP contribution in [0.5, 0.6) is 0 Å². The zero-order chi connectivity index (χ0) is 13.7. The van der Waals surface area contributed by atoms with Gasteiger partial charge >= 0.3 is 5.97 Å². The molecule has 0 saturated carbocycles. The van der Waals surface area contributed by atoms with Crippen LogP contribution in [0.4, 0.5) is 0 Å². The number of esters is 1. The van der Waals surface area contributed by atoms with Gasteiger partial charge in [-0.1, -0.05) is 34.1 Å². The van der Waals surface area contributed by atoms with Gasteiger partial charge in [-0.3, -0.25) is 4.79 Å². The molecule has 18 heavy (non-hydrogen) atoms. The predicted octanol–water partition coefficient (Wildman–Crippen LogP) is 3.57. The Hall–Kier alpha value is -0.870. The molecule has 0 aliphatic carbocycles. The van der Waals surface area contributed by atoms with Gasteiger partial charge in [0.15, 0.2) is 5.78 Å². The molecule has 0 spiro atoms. The standard InChI is InChI=1S/C13H14BrClO3/c1-3-18-13(17)11-9(7-14)5-4-6-10(11)12(16)8(2)15/h4-6,8H,3,7H2,1-2H3. The second-order valence-electron chi connectivity index (χ2n) is 3.67. The smallest absolute Gasteiger partial charge is 0.339 e. The highest BCUT2D eigenvalue weighted by atomic mass is 79.9. The van der Waals surface area contributed by atoms with E-state index in [1.165, 1.54) is 0 Å². The van der Waals surface area contributed by atoms with E-state index < -0.39 is 11.3 Å². The molecule has 0 amide bonds. The number of ketones is 1. The molecule has 0 radical (unpaired) electrons. The average Bonchev–Trinajstić information content (AvgIpc) is 2.36. The maximum Gasteiger partial charge on any atom is 0.339 e. The van der Waals surface area contributed by atoms with E-state index in [-0.39, 0.29) is 12.4 Å². The van der Waals surface area contributed by atoms with Gasteiger partial charge in [0.25, 0.3) is 0 Å². The fourth-order valence-electron chi connectivity index (χ4n) is 1.58. The Morgan fingerprint density at radius 3 is 2.61 bits per heavy atom. The summed E-state index contributed by atoms with van der Waals surface area (Å²) >= 11 is 9.09. The van der Waals surface area contributed by atoms with Crippen LogP contribution in [0.15, 0.2) is 18.2 Å². The molecule has 0 aromatic heterocycles. The first-order chi connectivity index (χ1) is 8.52. The Kier molecular flexibility index (Phi) is 5.82. The highest BCUT2D eigenvalue weighted by molar-refractivity contribution is 9.08. The van der Waals surface area contributed by atoms with Crippen LogP contribution in [0.2, 0.25) is 0 Å². The first kappa shape index (κ1) is 15.2. The fourth-order valence-corrected chi connectivity index (χ4v) is 2.16. The Bertz CT molecular complexity index is 458. The highest BCUT2D eigenvalue weighted by Gasteiger charge is 2.23. The Morgan fingerprint density at radius 2 is 2.11 bits per heavy atom. The predicted molar refractivity (Wildman–Crippen MR) is 74.7 cm³/mol. The van der Waals surface area contributed by atoms with E-state index in [1.807, 2.05) is 0 Å². The van der Waals surface area contributed by atoms with E-state index >= 15 is 0 Å². The number of alkyl halides is 2. The number of halogens is 2. The van der Waals surface area contributed by atoms with Crippen LogP contribution >= 0.6 is 27.5 Å². The summed E-state index contributed by atoms with van der Waals surface area (Å²) in [4.78, 5) is 23.9. The first-order valence-electron chi connectivity index (χ1n) is 5.56. The molecular formula is C13H14BrClO3. The molecule has 1 aromatic rings. The van der Waals surface area contributed by atoms with Crippen molar-refractivity contribution in [2.45, 2.75) is 24.6 Å². The second-order valence-corrected chi connectivity index (χ2v) is 4.89. The number of carbonyl (C=O) groups is 2. The van der Waals surface area contributed by atoms with E-state index in [4.69, 9.17) is 16.3 Å². The minimum atomic E-state index is -0.677. The number of Topliss-reactive ketones (excluding diaryl/α,β-unsaturated/α-hetero) is 1. The molecule has 0 saturated heterocycles. The van der Waals surface area contributed by atoms with E-state index in [1.54, 1.807) is 32.0 Å². The summed E-state index contributed by atoms with van der Waals surface area (Å²) in [6.45, 7) is 3.57. The lowest BCUT2D eigenvalue weighted by atomic mass is 9.97. The topological polar surface area (TPSA) is 43.4 Å². The minimum Gasteiger partial charge on any atom is -0.462 e. The van der Waals surface area contributed by atoms with Crippen molar-refractivity contribution in [2.24, 2.45) is 0 Å². The maximum absolute atomic E-state index is 12.0. The maximum atomic E-state index is 12.0. The van der Waals surface area contributed by atoms with E-state index in [9.17, 15) is 9.59 Å². The van der Waals surface area contributed by atoms with Crippen LogP contribution in [0, 0.1) is 0 Å². The summed E-state index contributed by atoms with van der Waals surface area (Å²) in [5.74, 6) is -0.768. The SMILES string of the molecule is CCOC(=O)c1c(CBr)cccc1C(=O)C(C)Cl. The highest BCUT2D eigenvalue weighted by Crippen LogP contribution is 2.21. The number of hydrogen-bond acceptors (Lipinski definition) is 3. The normalized spacial score (nSPS) is 12.0. The molecule has 98 valence electrons. The van der Waals surface area contributed by atoms with Crippen LogP contribution < -0.4 is 0 Å². The summed E-state index contributed by atoms with van der Waals surface area (Å²) in [6.07, 6.45) is 0. The van der Waals surface area contributed by atoms with Crippen molar-refractivity contribution in [1.82, 2.24) is 0 Å².